The van der Waals surface area contributed by atoms with Gasteiger partial charge in [0.2, 0.25) is 0 Å². The maximum atomic E-state index is 9.44. The number of nitrogens with zero attached hydrogens (tertiary/aromatic N) is 3. The third-order valence-electron chi connectivity index (χ3n) is 3.91. The van der Waals surface area contributed by atoms with E-state index in [1.54, 1.807) is 11.3 Å². The van der Waals surface area contributed by atoms with Crippen molar-refractivity contribution in [2.24, 2.45) is 0 Å². The summed E-state index contributed by atoms with van der Waals surface area (Å²) < 4.78 is 0. The van der Waals surface area contributed by atoms with Crippen LogP contribution in [0, 0.1) is 0 Å². The molecule has 0 aliphatic rings. The molecule has 1 aromatic carbocycles. The van der Waals surface area contributed by atoms with Crippen LogP contribution in [-0.4, -0.2) is 20.7 Å². The average molecular weight is 405 g/mol. The van der Waals surface area contributed by atoms with Gasteiger partial charge in [-0.2, -0.15) is 0 Å². The Bertz CT molecular complexity index is 1120. The Morgan fingerprint density at radius 3 is 2.34 bits per heavy atom. The Labute approximate surface area is 174 Å². The molecular weight excluding hydrogens is 380 g/mol. The van der Waals surface area contributed by atoms with Crippen LogP contribution < -0.4 is 5.32 Å². The molecule has 1 N–H and O–H groups in total. The number of pyridine rings is 2. The highest BCUT2D eigenvalue weighted by Crippen LogP contribution is 2.29. The summed E-state index contributed by atoms with van der Waals surface area (Å²) in [5.41, 5.74) is 0.926. The van der Waals surface area contributed by atoms with Gasteiger partial charge in [0.25, 0.3) is 0 Å². The van der Waals surface area contributed by atoms with Crippen LogP contribution in [0.4, 0.5) is 11.6 Å². The van der Waals surface area contributed by atoms with Gasteiger partial charge < -0.3 is 10.1 Å². The number of hydrogen-bond acceptors (Lipinski definition) is 6. The van der Waals surface area contributed by atoms with Gasteiger partial charge in [0.05, 0.1) is 15.6 Å². The molecule has 0 amide bonds. The highest BCUT2D eigenvalue weighted by molar-refractivity contribution is 7.15. The lowest BCUT2D eigenvalue weighted by Crippen LogP contribution is -1.96. The zero-order chi connectivity index (χ0) is 20.8. The van der Waals surface area contributed by atoms with E-state index in [4.69, 9.17) is 4.98 Å². The smallest absolute Gasteiger partial charge is 0.132 e. The summed E-state index contributed by atoms with van der Waals surface area (Å²) in [5.74, 6) is 2.16. The van der Waals surface area contributed by atoms with Crippen molar-refractivity contribution in [3.63, 3.8) is 0 Å². The molecule has 0 saturated carbocycles. The van der Waals surface area contributed by atoms with Crippen molar-refractivity contribution in [2.45, 2.75) is 33.6 Å². The number of ketones is 1. The molecule has 0 aliphatic heterocycles. The fourth-order valence-electron chi connectivity index (χ4n) is 2.60. The van der Waals surface area contributed by atoms with Crippen LogP contribution in [0.25, 0.3) is 21.3 Å². The first-order chi connectivity index (χ1) is 13.9. The van der Waals surface area contributed by atoms with Crippen LogP contribution >= 0.6 is 11.3 Å². The summed E-state index contributed by atoms with van der Waals surface area (Å²) in [4.78, 5) is 24.2. The minimum Gasteiger partial charge on any atom is -0.325 e. The van der Waals surface area contributed by atoms with Crippen molar-refractivity contribution in [3.8, 4) is 10.6 Å². The van der Waals surface area contributed by atoms with Crippen molar-refractivity contribution >= 4 is 39.5 Å². The number of rotatable bonds is 4. The van der Waals surface area contributed by atoms with Crippen LogP contribution in [0.3, 0.4) is 0 Å². The lowest BCUT2D eigenvalue weighted by molar-refractivity contribution is -0.114. The number of thiazole rings is 1. The van der Waals surface area contributed by atoms with Gasteiger partial charge in [-0.05, 0) is 37.4 Å². The van der Waals surface area contributed by atoms with E-state index in [2.05, 4.69) is 41.3 Å². The van der Waals surface area contributed by atoms with E-state index in [-0.39, 0.29) is 5.78 Å². The van der Waals surface area contributed by atoms with E-state index in [0.717, 1.165) is 38.0 Å². The maximum absolute atomic E-state index is 9.44. The van der Waals surface area contributed by atoms with Crippen LogP contribution in [0.2, 0.25) is 0 Å². The molecule has 4 rings (SSSR count). The first-order valence-corrected chi connectivity index (χ1v) is 10.3. The van der Waals surface area contributed by atoms with Gasteiger partial charge in [-0.1, -0.05) is 44.2 Å². The Hall–Kier alpha value is -3.12. The van der Waals surface area contributed by atoms with E-state index in [1.165, 1.54) is 13.8 Å². The first-order valence-electron chi connectivity index (χ1n) is 9.44. The number of carbonyl (C=O) groups excluding carboxylic acids is 1. The first kappa shape index (κ1) is 20.6. The second kappa shape index (κ2) is 9.39. The number of aromatic nitrogens is 3. The van der Waals surface area contributed by atoms with E-state index in [1.807, 2.05) is 48.8 Å². The normalized spacial score (nSPS) is 10.5. The molecule has 4 aromatic rings. The zero-order valence-electron chi connectivity index (χ0n) is 17.0. The van der Waals surface area contributed by atoms with Crippen molar-refractivity contribution in [3.05, 3.63) is 65.9 Å². The molecule has 5 nitrogen and oxygen atoms in total. The number of carbonyl (C=O) groups is 1. The number of fused-ring (bicyclic) bond motifs is 1. The topological polar surface area (TPSA) is 67.8 Å². The molecule has 0 bridgehead atoms. The Morgan fingerprint density at radius 2 is 1.66 bits per heavy atom. The quantitative estimate of drug-likeness (QED) is 0.437. The highest BCUT2D eigenvalue weighted by Gasteiger charge is 2.09. The molecule has 0 fully saturated rings. The number of hydrogen-bond donors (Lipinski definition) is 1. The molecule has 3 aromatic heterocycles. The molecule has 6 heteroatoms. The summed E-state index contributed by atoms with van der Waals surface area (Å²) in [5, 5.41) is 6.71. The third kappa shape index (κ3) is 5.68. The summed E-state index contributed by atoms with van der Waals surface area (Å²) in [7, 11) is 0. The average Bonchev–Trinajstić information content (AvgIpc) is 3.18. The molecule has 0 radical (unpaired) electrons. The SMILES string of the molecule is CC(C)=O.CC(C)c1ncc(-c2cccc(Nc3cc4ccccc4cn3)n2)s1. The molecule has 0 unspecified atom stereocenters. The van der Waals surface area contributed by atoms with Crippen molar-refractivity contribution < 1.29 is 4.79 Å². The Kier molecular flexibility index (Phi) is 6.67. The predicted molar refractivity (Wildman–Crippen MR) is 121 cm³/mol. The standard InChI is InChI=1S/C20H18N4S.C3H6O/c1-13(2)20-22-12-17(25-20)16-8-5-9-18(23-16)24-19-10-14-6-3-4-7-15(14)11-21-19;1-3(2)4/h3-13H,1-2H3,(H,21,23,24);1-2H3. The summed E-state index contributed by atoms with van der Waals surface area (Å²) in [6.45, 7) is 7.36. The number of Topliss-reactive ketones (excluding diaryl/α,β-unsaturated/α-hetero) is 1. The zero-order valence-corrected chi connectivity index (χ0v) is 17.8. The van der Waals surface area contributed by atoms with Crippen LogP contribution in [-0.2, 0) is 4.79 Å². The van der Waals surface area contributed by atoms with Crippen molar-refractivity contribution in [1.29, 1.82) is 0 Å². The van der Waals surface area contributed by atoms with Gasteiger partial charge >= 0.3 is 0 Å². The maximum Gasteiger partial charge on any atom is 0.132 e. The third-order valence-corrected chi connectivity index (χ3v) is 5.23. The molecule has 0 atom stereocenters. The lowest BCUT2D eigenvalue weighted by Gasteiger charge is -2.07. The minimum atomic E-state index is 0.167. The van der Waals surface area contributed by atoms with E-state index < -0.39 is 0 Å². The van der Waals surface area contributed by atoms with Crippen LogP contribution in [0.15, 0.2) is 60.9 Å². The van der Waals surface area contributed by atoms with Gasteiger partial charge in [-0.15, -0.1) is 11.3 Å². The molecule has 148 valence electrons. The molecular formula is C23H24N4OS. The van der Waals surface area contributed by atoms with Crippen molar-refractivity contribution in [2.75, 3.05) is 5.32 Å². The predicted octanol–water partition coefficient (Wildman–Crippen LogP) is 6.22. The molecule has 0 saturated heterocycles. The van der Waals surface area contributed by atoms with Gasteiger partial charge in [-0.3, -0.25) is 0 Å². The van der Waals surface area contributed by atoms with Gasteiger partial charge in [0, 0.05) is 23.7 Å². The van der Waals surface area contributed by atoms with Gasteiger partial charge in [0.1, 0.15) is 17.4 Å². The number of benzene rings is 1. The molecule has 0 aliphatic carbocycles. The van der Waals surface area contributed by atoms with E-state index in [9.17, 15) is 4.79 Å². The highest BCUT2D eigenvalue weighted by atomic mass is 32.1. The van der Waals surface area contributed by atoms with Gasteiger partial charge in [-0.25, -0.2) is 15.0 Å². The van der Waals surface area contributed by atoms with Crippen LogP contribution in [0.1, 0.15) is 38.6 Å². The summed E-state index contributed by atoms with van der Waals surface area (Å²) in [6.07, 6.45) is 3.78. The Morgan fingerprint density at radius 1 is 0.931 bits per heavy atom. The summed E-state index contributed by atoms with van der Waals surface area (Å²) in [6, 6.07) is 16.2. The monoisotopic (exact) mass is 404 g/mol. The fraction of sp³-hybridized carbons (Fsp3) is 0.217. The minimum absolute atomic E-state index is 0.167. The van der Waals surface area contributed by atoms with Crippen molar-refractivity contribution in [1.82, 2.24) is 15.0 Å². The molecule has 29 heavy (non-hydrogen) atoms. The fourth-order valence-corrected chi connectivity index (χ4v) is 3.49. The molecule has 3 heterocycles. The lowest BCUT2D eigenvalue weighted by atomic mass is 10.2. The second-order valence-electron chi connectivity index (χ2n) is 7.08. The number of anilines is 2. The Balaban J connectivity index is 0.000000552. The number of nitrogens with one attached hydrogen (secondary N) is 1. The largest absolute Gasteiger partial charge is 0.325 e. The van der Waals surface area contributed by atoms with Gasteiger partial charge in [0.15, 0.2) is 0 Å². The molecule has 0 spiro atoms. The van der Waals surface area contributed by atoms with E-state index >= 15 is 0 Å². The van der Waals surface area contributed by atoms with E-state index in [0.29, 0.717) is 5.92 Å². The second-order valence-corrected chi connectivity index (χ2v) is 8.14. The summed E-state index contributed by atoms with van der Waals surface area (Å²) >= 11 is 1.69. The van der Waals surface area contributed by atoms with Crippen LogP contribution in [0.5, 0.6) is 0 Å².